The Hall–Kier alpha value is -1.10. The zero-order chi connectivity index (χ0) is 13.8. The summed E-state index contributed by atoms with van der Waals surface area (Å²) in [6.45, 7) is 5.77. The van der Waals surface area contributed by atoms with Gasteiger partial charge in [-0.25, -0.2) is 9.78 Å². The second-order valence-corrected chi connectivity index (χ2v) is 5.32. The lowest BCUT2D eigenvalue weighted by atomic mass is 9.96. The summed E-state index contributed by atoms with van der Waals surface area (Å²) in [5.41, 5.74) is 0.139. The maximum absolute atomic E-state index is 11.9. The Morgan fingerprint density at radius 3 is 2.72 bits per heavy atom. The molecule has 0 aliphatic rings. The molecule has 0 saturated carbocycles. The average molecular weight is 315 g/mol. The van der Waals surface area contributed by atoms with Crippen molar-refractivity contribution in [3.05, 3.63) is 22.3 Å². The summed E-state index contributed by atoms with van der Waals surface area (Å²) in [6, 6.07) is 3.75. The summed E-state index contributed by atoms with van der Waals surface area (Å²) in [6.07, 6.45) is 1.57. The Bertz CT molecular complexity index is 437. The summed E-state index contributed by atoms with van der Waals surface area (Å²) in [5, 5.41) is 3.17. The molecule has 0 amide bonds. The summed E-state index contributed by atoms with van der Waals surface area (Å²) < 4.78 is 5.80. The summed E-state index contributed by atoms with van der Waals surface area (Å²) in [5.74, 6) is 0.406. The molecule has 1 rings (SSSR count). The molecule has 0 aliphatic heterocycles. The monoisotopic (exact) mass is 314 g/mol. The predicted molar refractivity (Wildman–Crippen MR) is 75.6 cm³/mol. The van der Waals surface area contributed by atoms with Gasteiger partial charge < -0.3 is 10.1 Å². The molecule has 1 N–H and O–H groups in total. The quantitative estimate of drug-likeness (QED) is 0.847. The van der Waals surface area contributed by atoms with Crippen molar-refractivity contribution in [1.29, 1.82) is 0 Å². The number of nitrogens with zero attached hydrogens (tertiary/aromatic N) is 1. The van der Waals surface area contributed by atoms with E-state index in [0.29, 0.717) is 12.2 Å². The van der Waals surface area contributed by atoms with E-state index >= 15 is 0 Å². The van der Waals surface area contributed by atoms with Crippen molar-refractivity contribution in [2.45, 2.75) is 39.2 Å². The minimum atomic E-state index is -0.739. The van der Waals surface area contributed by atoms with E-state index in [0.717, 1.165) is 16.6 Å². The van der Waals surface area contributed by atoms with Crippen molar-refractivity contribution in [2.24, 2.45) is 0 Å². The third-order valence-electron chi connectivity index (χ3n) is 2.81. The fourth-order valence-corrected chi connectivity index (χ4v) is 2.06. The maximum atomic E-state index is 11.9. The number of halogens is 1. The van der Waals surface area contributed by atoms with Gasteiger partial charge in [0.05, 0.1) is 12.8 Å². The van der Waals surface area contributed by atoms with Crippen molar-refractivity contribution >= 4 is 27.7 Å². The summed E-state index contributed by atoms with van der Waals surface area (Å²) in [7, 11) is 1.40. The number of carbonyl (C=O) groups is 1. The lowest BCUT2D eigenvalue weighted by molar-refractivity contribution is -0.145. The van der Waals surface area contributed by atoms with Crippen molar-refractivity contribution in [2.75, 3.05) is 12.4 Å². The van der Waals surface area contributed by atoms with Crippen LogP contribution in [0.25, 0.3) is 0 Å². The smallest absolute Gasteiger partial charge is 0.331 e. The number of pyridine rings is 1. The molecule has 1 unspecified atom stereocenters. The number of rotatable bonds is 5. The van der Waals surface area contributed by atoms with E-state index in [-0.39, 0.29) is 5.97 Å². The van der Waals surface area contributed by atoms with Gasteiger partial charge in [0, 0.05) is 4.47 Å². The number of anilines is 1. The largest absolute Gasteiger partial charge is 0.467 e. The fourth-order valence-electron chi connectivity index (χ4n) is 1.84. The van der Waals surface area contributed by atoms with Crippen LogP contribution in [-0.4, -0.2) is 23.6 Å². The molecule has 0 aliphatic carbocycles. The molecular weight excluding hydrogens is 296 g/mol. The molecule has 0 saturated heterocycles. The second kappa shape index (κ2) is 6.18. The Kier molecular flexibility index (Phi) is 5.14. The van der Waals surface area contributed by atoms with Gasteiger partial charge in [0.1, 0.15) is 11.4 Å². The van der Waals surface area contributed by atoms with E-state index in [9.17, 15) is 4.79 Å². The van der Waals surface area contributed by atoms with E-state index in [1.54, 1.807) is 0 Å². The SMILES string of the molecule is CCCC(C)(Nc1ccc(Br)c(C)n1)C(=O)OC. The van der Waals surface area contributed by atoms with Gasteiger partial charge in [-0.05, 0) is 48.3 Å². The normalized spacial score (nSPS) is 13.8. The number of ether oxygens (including phenoxy) is 1. The topological polar surface area (TPSA) is 51.2 Å². The molecule has 18 heavy (non-hydrogen) atoms. The van der Waals surface area contributed by atoms with Gasteiger partial charge in [-0.1, -0.05) is 13.3 Å². The number of carbonyl (C=O) groups excluding carboxylic acids is 1. The van der Waals surface area contributed by atoms with Crippen LogP contribution in [0.15, 0.2) is 16.6 Å². The molecule has 1 heterocycles. The first-order chi connectivity index (χ1) is 8.42. The third-order valence-corrected chi connectivity index (χ3v) is 3.65. The van der Waals surface area contributed by atoms with Crippen LogP contribution in [0, 0.1) is 6.92 Å². The van der Waals surface area contributed by atoms with Crippen LogP contribution in [0.1, 0.15) is 32.4 Å². The minimum Gasteiger partial charge on any atom is -0.467 e. The number of nitrogens with one attached hydrogen (secondary N) is 1. The molecule has 5 heteroatoms. The molecule has 100 valence electrons. The number of esters is 1. The van der Waals surface area contributed by atoms with Crippen molar-refractivity contribution in [1.82, 2.24) is 4.98 Å². The van der Waals surface area contributed by atoms with Gasteiger partial charge in [-0.2, -0.15) is 0 Å². The number of hydrogen-bond donors (Lipinski definition) is 1. The van der Waals surface area contributed by atoms with Crippen LogP contribution in [0.5, 0.6) is 0 Å². The number of methoxy groups -OCH3 is 1. The van der Waals surface area contributed by atoms with Gasteiger partial charge in [0.2, 0.25) is 0 Å². The molecule has 0 radical (unpaired) electrons. The van der Waals surface area contributed by atoms with E-state index < -0.39 is 5.54 Å². The number of aromatic nitrogens is 1. The highest BCUT2D eigenvalue weighted by Gasteiger charge is 2.33. The highest BCUT2D eigenvalue weighted by atomic mass is 79.9. The van der Waals surface area contributed by atoms with Crippen LogP contribution in [0.4, 0.5) is 5.82 Å². The Morgan fingerprint density at radius 1 is 1.56 bits per heavy atom. The van der Waals surface area contributed by atoms with E-state index in [1.807, 2.05) is 32.9 Å². The highest BCUT2D eigenvalue weighted by molar-refractivity contribution is 9.10. The molecule has 1 aromatic rings. The van der Waals surface area contributed by atoms with E-state index in [4.69, 9.17) is 4.74 Å². The lowest BCUT2D eigenvalue weighted by Crippen LogP contribution is -2.44. The standard InChI is InChI=1S/C13H19BrN2O2/c1-5-8-13(3,12(17)18-4)16-11-7-6-10(14)9(2)15-11/h6-7H,5,8H2,1-4H3,(H,15,16). The second-order valence-electron chi connectivity index (χ2n) is 4.46. The molecule has 4 nitrogen and oxygen atoms in total. The summed E-state index contributed by atoms with van der Waals surface area (Å²) >= 11 is 3.40. The number of hydrogen-bond acceptors (Lipinski definition) is 4. The Morgan fingerprint density at radius 2 is 2.22 bits per heavy atom. The van der Waals surface area contributed by atoms with E-state index in [2.05, 4.69) is 26.2 Å². The Labute approximate surface area is 116 Å². The molecule has 1 aromatic heterocycles. The van der Waals surface area contributed by atoms with E-state index in [1.165, 1.54) is 7.11 Å². The first-order valence-electron chi connectivity index (χ1n) is 5.92. The van der Waals surface area contributed by atoms with Crippen LogP contribution in [-0.2, 0) is 9.53 Å². The van der Waals surface area contributed by atoms with Crippen LogP contribution < -0.4 is 5.32 Å². The average Bonchev–Trinajstić information content (AvgIpc) is 2.33. The molecule has 0 bridgehead atoms. The zero-order valence-corrected chi connectivity index (χ0v) is 12.8. The lowest BCUT2D eigenvalue weighted by Gasteiger charge is -2.28. The summed E-state index contributed by atoms with van der Waals surface area (Å²) in [4.78, 5) is 16.2. The van der Waals surface area contributed by atoms with Crippen molar-refractivity contribution in [3.8, 4) is 0 Å². The van der Waals surface area contributed by atoms with Crippen LogP contribution in [0.3, 0.4) is 0 Å². The molecular formula is C13H19BrN2O2. The van der Waals surface area contributed by atoms with Gasteiger partial charge in [-0.3, -0.25) is 0 Å². The van der Waals surface area contributed by atoms with Crippen molar-refractivity contribution < 1.29 is 9.53 Å². The number of aryl methyl sites for hydroxylation is 1. The third kappa shape index (κ3) is 3.45. The molecule has 1 atom stereocenters. The maximum Gasteiger partial charge on any atom is 0.331 e. The minimum absolute atomic E-state index is 0.272. The molecule has 0 fully saturated rings. The highest BCUT2D eigenvalue weighted by Crippen LogP contribution is 2.23. The van der Waals surface area contributed by atoms with Gasteiger partial charge >= 0.3 is 5.97 Å². The zero-order valence-electron chi connectivity index (χ0n) is 11.2. The predicted octanol–water partition coefficient (Wildman–Crippen LogP) is 3.30. The fraction of sp³-hybridized carbons (Fsp3) is 0.538. The van der Waals surface area contributed by atoms with Gasteiger partial charge in [0.15, 0.2) is 0 Å². The van der Waals surface area contributed by atoms with Gasteiger partial charge in [-0.15, -0.1) is 0 Å². The first kappa shape index (κ1) is 15.0. The van der Waals surface area contributed by atoms with Crippen molar-refractivity contribution in [3.63, 3.8) is 0 Å². The molecule has 0 spiro atoms. The van der Waals surface area contributed by atoms with Crippen LogP contribution in [0.2, 0.25) is 0 Å². The first-order valence-corrected chi connectivity index (χ1v) is 6.72. The van der Waals surface area contributed by atoms with Crippen LogP contribution >= 0.6 is 15.9 Å². The Balaban J connectivity index is 2.96. The molecule has 0 aromatic carbocycles. The van der Waals surface area contributed by atoms with Gasteiger partial charge in [0.25, 0.3) is 0 Å².